The summed E-state index contributed by atoms with van der Waals surface area (Å²) in [4.78, 5) is 18.0. The molecule has 0 atom stereocenters. The number of anilines is 1. The molecule has 4 rings (SSSR count). The third-order valence-electron chi connectivity index (χ3n) is 4.33. The number of hydrogen-bond acceptors (Lipinski definition) is 7. The molecule has 0 radical (unpaired) electrons. The van der Waals surface area contributed by atoms with Crippen molar-refractivity contribution in [1.82, 2.24) is 25.3 Å². The molecule has 4 aromatic rings. The first-order valence-electron chi connectivity index (χ1n) is 10.3. The topological polar surface area (TPSA) is 98.8 Å². The number of rotatable bonds is 6. The SMILES string of the molecule is CCCOc1ccc(-c2ccc3nc(N)nc(Cc4ccccc4)c3n2)cn1.CNC. The summed E-state index contributed by atoms with van der Waals surface area (Å²) in [6, 6.07) is 17.8. The number of ether oxygens (including phenoxy) is 1. The first-order chi connectivity index (χ1) is 15.1. The van der Waals surface area contributed by atoms with E-state index < -0.39 is 0 Å². The molecule has 0 fully saturated rings. The highest BCUT2D eigenvalue weighted by Crippen LogP contribution is 2.24. The molecule has 0 saturated heterocycles. The number of hydrogen-bond donors (Lipinski definition) is 2. The number of benzene rings is 1. The standard InChI is InChI=1S/C22H21N5O.C2H7N/c1-2-12-28-20-11-8-16(14-24-20)17-9-10-18-21(25-17)19(27-22(23)26-18)13-15-6-4-3-5-7-15;1-3-2/h3-11,14H,2,12-13H2,1H3,(H2,23,26,27);3H,1-2H3. The van der Waals surface area contributed by atoms with Crippen LogP contribution in [0.4, 0.5) is 5.95 Å². The molecule has 0 aliphatic carbocycles. The Morgan fingerprint density at radius 3 is 2.39 bits per heavy atom. The molecule has 7 nitrogen and oxygen atoms in total. The Kier molecular flexibility index (Phi) is 7.84. The van der Waals surface area contributed by atoms with E-state index in [2.05, 4.69) is 39.3 Å². The molecule has 7 heteroatoms. The number of nitrogens with one attached hydrogen (secondary N) is 1. The quantitative estimate of drug-likeness (QED) is 0.492. The summed E-state index contributed by atoms with van der Waals surface area (Å²) >= 11 is 0. The minimum atomic E-state index is 0.257. The molecule has 3 N–H and O–H groups in total. The van der Waals surface area contributed by atoms with Crippen LogP contribution in [0.5, 0.6) is 5.88 Å². The summed E-state index contributed by atoms with van der Waals surface area (Å²) in [5.74, 6) is 0.874. The molecule has 1 aromatic carbocycles. The lowest BCUT2D eigenvalue weighted by molar-refractivity contribution is 0.305. The Bertz CT molecular complexity index is 1100. The van der Waals surface area contributed by atoms with Gasteiger partial charge in [0.25, 0.3) is 0 Å². The second kappa shape index (κ2) is 11.0. The first-order valence-corrected chi connectivity index (χ1v) is 10.3. The lowest BCUT2D eigenvalue weighted by Gasteiger charge is -2.09. The first kappa shape index (κ1) is 22.1. The van der Waals surface area contributed by atoms with Crippen LogP contribution in [-0.2, 0) is 6.42 Å². The van der Waals surface area contributed by atoms with E-state index in [-0.39, 0.29) is 5.95 Å². The second-order valence-corrected chi connectivity index (χ2v) is 6.99. The van der Waals surface area contributed by atoms with Gasteiger partial charge < -0.3 is 15.8 Å². The van der Waals surface area contributed by atoms with Crippen molar-refractivity contribution in [2.45, 2.75) is 19.8 Å². The Morgan fingerprint density at radius 1 is 0.935 bits per heavy atom. The van der Waals surface area contributed by atoms with Gasteiger partial charge in [0.2, 0.25) is 11.8 Å². The Hall–Kier alpha value is -3.58. The number of pyridine rings is 2. The van der Waals surface area contributed by atoms with E-state index in [1.807, 2.05) is 56.6 Å². The number of aromatic nitrogens is 4. The summed E-state index contributed by atoms with van der Waals surface area (Å²) in [6.07, 6.45) is 3.36. The highest BCUT2D eigenvalue weighted by molar-refractivity contribution is 5.81. The van der Waals surface area contributed by atoms with Gasteiger partial charge in [0, 0.05) is 24.2 Å². The van der Waals surface area contributed by atoms with Crippen molar-refractivity contribution in [1.29, 1.82) is 0 Å². The van der Waals surface area contributed by atoms with Crippen LogP contribution >= 0.6 is 0 Å². The summed E-state index contributed by atoms with van der Waals surface area (Å²) < 4.78 is 5.55. The van der Waals surface area contributed by atoms with E-state index >= 15 is 0 Å². The van der Waals surface area contributed by atoms with Crippen LogP contribution in [0.15, 0.2) is 60.8 Å². The minimum absolute atomic E-state index is 0.257. The van der Waals surface area contributed by atoms with Crippen LogP contribution in [0.2, 0.25) is 0 Å². The highest BCUT2D eigenvalue weighted by Gasteiger charge is 2.11. The molecule has 3 aromatic heterocycles. The lowest BCUT2D eigenvalue weighted by atomic mass is 10.1. The van der Waals surface area contributed by atoms with Crippen LogP contribution in [0.25, 0.3) is 22.3 Å². The fraction of sp³-hybridized carbons (Fsp3) is 0.250. The molecule has 0 spiro atoms. The normalized spacial score (nSPS) is 10.4. The zero-order valence-electron chi connectivity index (χ0n) is 18.2. The maximum Gasteiger partial charge on any atom is 0.220 e. The monoisotopic (exact) mass is 416 g/mol. The maximum absolute atomic E-state index is 5.91. The van der Waals surface area contributed by atoms with E-state index in [4.69, 9.17) is 15.5 Å². The molecule has 31 heavy (non-hydrogen) atoms. The van der Waals surface area contributed by atoms with Gasteiger partial charge in [-0.2, -0.15) is 0 Å². The fourth-order valence-electron chi connectivity index (χ4n) is 2.99. The van der Waals surface area contributed by atoms with Gasteiger partial charge in [0.15, 0.2) is 0 Å². The third kappa shape index (κ3) is 5.96. The smallest absolute Gasteiger partial charge is 0.220 e. The Balaban J connectivity index is 0.000000858. The molecule has 0 amide bonds. The van der Waals surface area contributed by atoms with E-state index in [1.165, 1.54) is 0 Å². The van der Waals surface area contributed by atoms with Crippen molar-refractivity contribution in [3.63, 3.8) is 0 Å². The summed E-state index contributed by atoms with van der Waals surface area (Å²) in [6.45, 7) is 2.72. The van der Waals surface area contributed by atoms with Crippen molar-refractivity contribution in [2.75, 3.05) is 26.4 Å². The average Bonchev–Trinajstić information content (AvgIpc) is 2.79. The van der Waals surface area contributed by atoms with E-state index in [0.29, 0.717) is 18.9 Å². The Labute approximate surface area is 182 Å². The van der Waals surface area contributed by atoms with Gasteiger partial charge >= 0.3 is 0 Å². The summed E-state index contributed by atoms with van der Waals surface area (Å²) in [5.41, 5.74) is 11.1. The van der Waals surface area contributed by atoms with Crippen LogP contribution in [-0.4, -0.2) is 40.6 Å². The summed E-state index contributed by atoms with van der Waals surface area (Å²) in [7, 11) is 3.75. The van der Waals surface area contributed by atoms with E-state index in [9.17, 15) is 0 Å². The zero-order valence-corrected chi connectivity index (χ0v) is 18.2. The van der Waals surface area contributed by atoms with Crippen molar-refractivity contribution in [3.05, 3.63) is 72.1 Å². The third-order valence-corrected chi connectivity index (χ3v) is 4.33. The van der Waals surface area contributed by atoms with Gasteiger partial charge in [0.05, 0.1) is 23.5 Å². The number of nitrogen functional groups attached to an aromatic ring is 1. The van der Waals surface area contributed by atoms with Gasteiger partial charge in [-0.1, -0.05) is 37.3 Å². The Morgan fingerprint density at radius 2 is 1.71 bits per heavy atom. The van der Waals surface area contributed by atoms with Crippen molar-refractivity contribution >= 4 is 17.0 Å². The molecule has 0 aliphatic rings. The van der Waals surface area contributed by atoms with Crippen LogP contribution in [0, 0.1) is 0 Å². The zero-order chi connectivity index (χ0) is 22.1. The van der Waals surface area contributed by atoms with Crippen LogP contribution in [0.1, 0.15) is 24.6 Å². The van der Waals surface area contributed by atoms with Crippen LogP contribution < -0.4 is 15.8 Å². The van der Waals surface area contributed by atoms with Gasteiger partial charge in [-0.05, 0) is 44.3 Å². The molecule has 0 saturated carbocycles. The molecule has 160 valence electrons. The van der Waals surface area contributed by atoms with Gasteiger partial charge in [0.1, 0.15) is 5.52 Å². The molecule has 0 bridgehead atoms. The number of fused-ring (bicyclic) bond motifs is 1. The fourth-order valence-corrected chi connectivity index (χ4v) is 2.99. The lowest BCUT2D eigenvalue weighted by Crippen LogP contribution is -2.03. The predicted molar refractivity (Wildman–Crippen MR) is 125 cm³/mol. The second-order valence-electron chi connectivity index (χ2n) is 6.99. The van der Waals surface area contributed by atoms with Crippen molar-refractivity contribution in [3.8, 4) is 17.1 Å². The minimum Gasteiger partial charge on any atom is -0.478 e. The largest absolute Gasteiger partial charge is 0.478 e. The maximum atomic E-state index is 5.91. The summed E-state index contributed by atoms with van der Waals surface area (Å²) in [5, 5.41) is 2.75. The average molecular weight is 417 g/mol. The van der Waals surface area contributed by atoms with Crippen LogP contribution in [0.3, 0.4) is 0 Å². The number of nitrogens with two attached hydrogens (primary N) is 1. The van der Waals surface area contributed by atoms with Crippen molar-refractivity contribution in [2.24, 2.45) is 0 Å². The molecule has 0 aliphatic heterocycles. The molecular weight excluding hydrogens is 388 g/mol. The van der Waals surface area contributed by atoms with Gasteiger partial charge in [-0.15, -0.1) is 0 Å². The molecule has 0 unspecified atom stereocenters. The molecule has 3 heterocycles. The van der Waals surface area contributed by atoms with Crippen molar-refractivity contribution < 1.29 is 4.74 Å². The highest BCUT2D eigenvalue weighted by atomic mass is 16.5. The van der Waals surface area contributed by atoms with E-state index in [1.54, 1.807) is 6.20 Å². The van der Waals surface area contributed by atoms with Gasteiger partial charge in [-0.25, -0.2) is 19.9 Å². The number of nitrogens with zero attached hydrogens (tertiary/aromatic N) is 4. The molecular formula is C24H28N6O. The predicted octanol–water partition coefficient (Wildman–Crippen LogP) is 3.88. The van der Waals surface area contributed by atoms with Gasteiger partial charge in [-0.3, -0.25) is 0 Å². The van der Waals surface area contributed by atoms with E-state index in [0.717, 1.165) is 40.0 Å².